The molecule has 2 heterocycles. The SMILES string of the molecule is CC(C)(C)[C@@H]1CCc2c(sc(NC(=S)NC(=O)c3ccc(N4CCOCC4)c([N+](=O)[O-])c3)c2C(N)=O)C1. The van der Waals surface area contributed by atoms with Crippen molar-refractivity contribution in [2.75, 3.05) is 36.5 Å². The highest BCUT2D eigenvalue weighted by atomic mass is 32.1. The molecule has 4 rings (SSSR count). The van der Waals surface area contributed by atoms with E-state index in [-0.39, 0.29) is 21.8 Å². The number of thiophene rings is 1. The summed E-state index contributed by atoms with van der Waals surface area (Å²) < 4.78 is 5.32. The maximum absolute atomic E-state index is 12.9. The number of hydrogen-bond acceptors (Lipinski definition) is 8. The molecule has 1 aromatic heterocycles. The zero-order chi connectivity index (χ0) is 26.9. The highest BCUT2D eigenvalue weighted by Gasteiger charge is 2.33. The van der Waals surface area contributed by atoms with Crippen LogP contribution in [0.25, 0.3) is 0 Å². The molecule has 0 unspecified atom stereocenters. The summed E-state index contributed by atoms with van der Waals surface area (Å²) in [6, 6.07) is 4.34. The van der Waals surface area contributed by atoms with Gasteiger partial charge in [-0.05, 0) is 60.5 Å². The monoisotopic (exact) mass is 545 g/mol. The second kappa shape index (κ2) is 10.7. The van der Waals surface area contributed by atoms with Crippen LogP contribution in [0.2, 0.25) is 0 Å². The molecule has 0 radical (unpaired) electrons. The van der Waals surface area contributed by atoms with Crippen molar-refractivity contribution < 1.29 is 19.2 Å². The average Bonchev–Trinajstić information content (AvgIpc) is 3.20. The molecule has 1 aromatic carbocycles. The number of benzene rings is 1. The number of carbonyl (C=O) groups excluding carboxylic acids is 2. The van der Waals surface area contributed by atoms with Crippen molar-refractivity contribution in [1.82, 2.24) is 5.32 Å². The lowest BCUT2D eigenvalue weighted by molar-refractivity contribution is -0.384. The van der Waals surface area contributed by atoms with Crippen LogP contribution in [0.4, 0.5) is 16.4 Å². The van der Waals surface area contributed by atoms with Crippen LogP contribution in [0, 0.1) is 21.4 Å². The van der Waals surface area contributed by atoms with Gasteiger partial charge in [0, 0.05) is 29.6 Å². The van der Waals surface area contributed by atoms with Crippen molar-refractivity contribution in [3.63, 3.8) is 0 Å². The number of primary amides is 1. The van der Waals surface area contributed by atoms with Gasteiger partial charge in [0.2, 0.25) is 0 Å². The van der Waals surface area contributed by atoms with Crippen LogP contribution in [-0.4, -0.2) is 48.2 Å². The lowest BCUT2D eigenvalue weighted by Gasteiger charge is -2.33. The van der Waals surface area contributed by atoms with Gasteiger partial charge in [0.05, 0.1) is 23.7 Å². The maximum Gasteiger partial charge on any atom is 0.293 e. The smallest absolute Gasteiger partial charge is 0.293 e. The standard InChI is InChI=1S/C25H31N5O5S2/c1-25(2,3)15-5-6-16-19(13-15)37-23(20(16)21(26)31)28-24(36)27-22(32)14-4-7-17(18(12-14)30(33)34)29-8-10-35-11-9-29/h4,7,12,15H,5-6,8-11,13H2,1-3H3,(H2,26,31)(H2,27,28,32,36)/t15-/m1/s1. The summed E-state index contributed by atoms with van der Waals surface area (Å²) in [5.74, 6) is -0.656. The summed E-state index contributed by atoms with van der Waals surface area (Å²) in [4.78, 5) is 39.4. The highest BCUT2D eigenvalue weighted by Crippen LogP contribution is 2.44. The molecule has 0 saturated carbocycles. The number of nitrogens with zero attached hydrogens (tertiary/aromatic N) is 2. The fourth-order valence-electron chi connectivity index (χ4n) is 4.87. The van der Waals surface area contributed by atoms with Gasteiger partial charge in [-0.25, -0.2) is 0 Å². The van der Waals surface area contributed by atoms with Crippen molar-refractivity contribution in [3.05, 3.63) is 49.9 Å². The normalized spacial score (nSPS) is 17.6. The van der Waals surface area contributed by atoms with E-state index in [9.17, 15) is 19.7 Å². The highest BCUT2D eigenvalue weighted by molar-refractivity contribution is 7.80. The van der Waals surface area contributed by atoms with Gasteiger partial charge in [-0.1, -0.05) is 20.8 Å². The summed E-state index contributed by atoms with van der Waals surface area (Å²) in [6.45, 7) is 8.67. The quantitative estimate of drug-likeness (QED) is 0.292. The Hall–Kier alpha value is -3.09. The topological polar surface area (TPSA) is 140 Å². The Morgan fingerprint density at radius 1 is 1.27 bits per heavy atom. The Morgan fingerprint density at radius 3 is 2.59 bits per heavy atom. The molecule has 1 saturated heterocycles. The van der Waals surface area contributed by atoms with Crippen molar-refractivity contribution in [2.45, 2.75) is 40.0 Å². The van der Waals surface area contributed by atoms with E-state index >= 15 is 0 Å². The number of amides is 2. The van der Waals surface area contributed by atoms with Crippen LogP contribution < -0.4 is 21.3 Å². The molecule has 37 heavy (non-hydrogen) atoms. The van der Waals surface area contributed by atoms with Crippen molar-refractivity contribution in [2.24, 2.45) is 17.1 Å². The third kappa shape index (κ3) is 5.91. The van der Waals surface area contributed by atoms with Gasteiger partial charge in [0.25, 0.3) is 17.5 Å². The lowest BCUT2D eigenvalue weighted by Crippen LogP contribution is -2.37. The van der Waals surface area contributed by atoms with E-state index < -0.39 is 16.7 Å². The van der Waals surface area contributed by atoms with Crippen LogP contribution in [0.3, 0.4) is 0 Å². The van der Waals surface area contributed by atoms with Crippen LogP contribution in [0.1, 0.15) is 58.3 Å². The minimum Gasteiger partial charge on any atom is -0.378 e. The van der Waals surface area contributed by atoms with E-state index in [0.29, 0.717) is 48.5 Å². The lowest BCUT2D eigenvalue weighted by atomic mass is 9.72. The van der Waals surface area contributed by atoms with E-state index in [1.54, 1.807) is 6.07 Å². The third-order valence-electron chi connectivity index (χ3n) is 6.98. The van der Waals surface area contributed by atoms with Gasteiger partial charge >= 0.3 is 0 Å². The van der Waals surface area contributed by atoms with Gasteiger partial charge in [0.15, 0.2) is 5.11 Å². The first-order chi connectivity index (χ1) is 17.5. The van der Waals surface area contributed by atoms with Crippen LogP contribution in [-0.2, 0) is 17.6 Å². The van der Waals surface area contributed by atoms with Crippen LogP contribution >= 0.6 is 23.6 Å². The maximum atomic E-state index is 12.9. The Bertz CT molecular complexity index is 1250. The summed E-state index contributed by atoms with van der Waals surface area (Å²) in [5.41, 5.74) is 7.59. The molecule has 4 N–H and O–H groups in total. The van der Waals surface area contributed by atoms with Crippen LogP contribution in [0.5, 0.6) is 0 Å². The number of fused-ring (bicyclic) bond motifs is 1. The van der Waals surface area contributed by atoms with E-state index in [1.165, 1.54) is 23.5 Å². The van der Waals surface area contributed by atoms with Gasteiger partial charge in [-0.3, -0.25) is 25.0 Å². The zero-order valence-corrected chi connectivity index (χ0v) is 22.7. The van der Waals surface area contributed by atoms with Crippen molar-refractivity contribution in [1.29, 1.82) is 0 Å². The zero-order valence-electron chi connectivity index (χ0n) is 21.1. The second-order valence-corrected chi connectivity index (χ2v) is 11.9. The number of carbonyl (C=O) groups is 2. The van der Waals surface area contributed by atoms with Gasteiger partial charge in [-0.15, -0.1) is 11.3 Å². The van der Waals surface area contributed by atoms with Gasteiger partial charge < -0.3 is 20.7 Å². The predicted octanol–water partition coefficient (Wildman–Crippen LogP) is 3.87. The molecular weight excluding hydrogens is 514 g/mol. The number of ether oxygens (including phenoxy) is 1. The molecule has 0 spiro atoms. The number of nitro groups is 1. The molecular formula is C25H31N5O5S2. The largest absolute Gasteiger partial charge is 0.378 e. The van der Waals surface area contributed by atoms with E-state index in [2.05, 4.69) is 31.4 Å². The molecule has 2 amide bonds. The van der Waals surface area contributed by atoms with Gasteiger partial charge in [0.1, 0.15) is 10.7 Å². The molecule has 198 valence electrons. The fourth-order valence-corrected chi connectivity index (χ4v) is 6.46. The van der Waals surface area contributed by atoms with Crippen molar-refractivity contribution >= 4 is 56.9 Å². The number of nitrogens with two attached hydrogens (primary N) is 1. The fraction of sp³-hybridized carbons (Fsp3) is 0.480. The van der Waals surface area contributed by atoms with Gasteiger partial charge in [-0.2, -0.15) is 0 Å². The molecule has 1 aliphatic carbocycles. The third-order valence-corrected chi connectivity index (χ3v) is 8.35. The number of anilines is 2. The minimum absolute atomic E-state index is 0.0154. The Morgan fingerprint density at radius 2 is 1.97 bits per heavy atom. The molecule has 1 atom stereocenters. The van der Waals surface area contributed by atoms with Crippen molar-refractivity contribution in [3.8, 4) is 0 Å². The Kier molecular flexibility index (Phi) is 7.81. The predicted molar refractivity (Wildman–Crippen MR) is 148 cm³/mol. The Labute approximate surface area is 224 Å². The molecule has 0 bridgehead atoms. The number of thiocarbonyl (C=S) groups is 1. The first kappa shape index (κ1) is 27.0. The minimum atomic E-state index is -0.594. The summed E-state index contributed by atoms with van der Waals surface area (Å²) in [6.07, 6.45) is 2.57. The first-order valence-electron chi connectivity index (χ1n) is 12.1. The first-order valence-corrected chi connectivity index (χ1v) is 13.4. The number of morpholine rings is 1. The molecule has 1 fully saturated rings. The van der Waals surface area contributed by atoms with E-state index in [4.69, 9.17) is 22.7 Å². The number of hydrogen-bond donors (Lipinski definition) is 3. The van der Waals surface area contributed by atoms with E-state index in [0.717, 1.165) is 29.7 Å². The molecule has 1 aliphatic heterocycles. The second-order valence-electron chi connectivity index (χ2n) is 10.3. The molecule has 12 heteroatoms. The summed E-state index contributed by atoms with van der Waals surface area (Å²) >= 11 is 6.78. The molecule has 2 aromatic rings. The summed E-state index contributed by atoms with van der Waals surface area (Å²) in [5, 5.41) is 17.7. The van der Waals surface area contributed by atoms with E-state index in [1.807, 2.05) is 4.90 Å². The number of nitrogens with one attached hydrogen (secondary N) is 2. The van der Waals surface area contributed by atoms with Crippen LogP contribution in [0.15, 0.2) is 18.2 Å². The average molecular weight is 546 g/mol. The molecule has 10 nitrogen and oxygen atoms in total. The molecule has 2 aliphatic rings. The number of nitro benzene ring substituents is 1. The summed E-state index contributed by atoms with van der Waals surface area (Å²) in [7, 11) is 0. The Balaban J connectivity index is 1.50. The number of rotatable bonds is 5.